The smallest absolute Gasteiger partial charge is 0.258 e. The molecule has 0 aliphatic carbocycles. The Labute approximate surface area is 186 Å². The molecule has 1 saturated heterocycles. The topological polar surface area (TPSA) is 76.6 Å². The summed E-state index contributed by atoms with van der Waals surface area (Å²) in [4.78, 5) is 24.5. The number of halogens is 1. The van der Waals surface area contributed by atoms with E-state index in [2.05, 4.69) is 15.2 Å². The molecule has 31 heavy (non-hydrogen) atoms. The summed E-state index contributed by atoms with van der Waals surface area (Å²) in [5.74, 6) is 1.53. The molecule has 0 saturated carbocycles. The summed E-state index contributed by atoms with van der Waals surface area (Å²) >= 11 is 6.18. The Morgan fingerprint density at radius 3 is 2.71 bits per heavy atom. The van der Waals surface area contributed by atoms with E-state index in [9.17, 15) is 4.79 Å². The van der Waals surface area contributed by atoms with E-state index in [1.807, 2.05) is 31.2 Å². The first-order chi connectivity index (χ1) is 15.1. The molecule has 2 aromatic carbocycles. The largest absolute Gasteiger partial charge is 0.495 e. The van der Waals surface area contributed by atoms with E-state index in [0.29, 0.717) is 41.3 Å². The summed E-state index contributed by atoms with van der Waals surface area (Å²) in [5.41, 5.74) is 2.24. The highest BCUT2D eigenvalue weighted by atomic mass is 35.5. The van der Waals surface area contributed by atoms with E-state index in [-0.39, 0.29) is 11.8 Å². The van der Waals surface area contributed by atoms with E-state index < -0.39 is 0 Å². The van der Waals surface area contributed by atoms with Gasteiger partial charge in [-0.05, 0) is 50.1 Å². The van der Waals surface area contributed by atoms with Crippen LogP contribution in [0.3, 0.4) is 0 Å². The van der Waals surface area contributed by atoms with Gasteiger partial charge in [-0.15, -0.1) is 0 Å². The first-order valence-electron chi connectivity index (χ1n) is 10.4. The zero-order valence-electron chi connectivity index (χ0n) is 17.6. The number of carbonyl (C=O) groups excluding carboxylic acids is 1. The van der Waals surface area contributed by atoms with Gasteiger partial charge in [0.1, 0.15) is 5.75 Å². The van der Waals surface area contributed by atoms with Crippen LogP contribution in [0.1, 0.15) is 19.8 Å². The number of benzene rings is 2. The molecular formula is C23H25ClN4O3. The van der Waals surface area contributed by atoms with Crippen LogP contribution in [0.25, 0.3) is 11.0 Å². The molecule has 162 valence electrons. The lowest BCUT2D eigenvalue weighted by molar-refractivity contribution is -0.120. The first-order valence-corrected chi connectivity index (χ1v) is 10.8. The van der Waals surface area contributed by atoms with Crippen LogP contribution in [0.4, 0.5) is 11.5 Å². The fourth-order valence-electron chi connectivity index (χ4n) is 3.79. The Bertz CT molecular complexity index is 1090. The van der Waals surface area contributed by atoms with Crippen LogP contribution in [-0.4, -0.2) is 42.7 Å². The van der Waals surface area contributed by atoms with Gasteiger partial charge < -0.3 is 19.7 Å². The van der Waals surface area contributed by atoms with Crippen molar-refractivity contribution in [1.29, 1.82) is 0 Å². The number of piperidine rings is 1. The third-order valence-electron chi connectivity index (χ3n) is 5.31. The molecule has 8 heteroatoms. The SMILES string of the molecule is CCOc1nc2ccccc2nc1N1CCC[C@@H](C(=O)Nc2ccc(OC)c(Cl)c2)C1. The molecule has 1 amide bonds. The summed E-state index contributed by atoms with van der Waals surface area (Å²) in [6, 6.07) is 12.9. The van der Waals surface area contributed by atoms with Gasteiger partial charge in [-0.2, -0.15) is 0 Å². The van der Waals surface area contributed by atoms with Crippen LogP contribution >= 0.6 is 11.6 Å². The molecule has 7 nitrogen and oxygen atoms in total. The molecule has 4 rings (SSSR count). The van der Waals surface area contributed by atoms with Gasteiger partial charge in [-0.1, -0.05) is 23.7 Å². The van der Waals surface area contributed by atoms with Gasteiger partial charge in [-0.25, -0.2) is 9.97 Å². The second-order valence-corrected chi connectivity index (χ2v) is 7.81. The van der Waals surface area contributed by atoms with Crippen molar-refractivity contribution in [3.8, 4) is 11.6 Å². The zero-order valence-corrected chi connectivity index (χ0v) is 18.4. The minimum Gasteiger partial charge on any atom is -0.495 e. The molecule has 0 unspecified atom stereocenters. The van der Waals surface area contributed by atoms with Crippen LogP contribution in [0.15, 0.2) is 42.5 Å². The maximum Gasteiger partial charge on any atom is 0.258 e. The average Bonchev–Trinajstić information content (AvgIpc) is 2.79. The molecular weight excluding hydrogens is 416 g/mol. The van der Waals surface area contributed by atoms with Crippen molar-refractivity contribution in [3.05, 3.63) is 47.5 Å². The Morgan fingerprint density at radius 2 is 2.00 bits per heavy atom. The number of ether oxygens (including phenoxy) is 2. The Kier molecular flexibility index (Phi) is 6.42. The van der Waals surface area contributed by atoms with Crippen molar-refractivity contribution >= 4 is 40.0 Å². The number of rotatable bonds is 6. The lowest BCUT2D eigenvalue weighted by atomic mass is 9.97. The minimum atomic E-state index is -0.183. The summed E-state index contributed by atoms with van der Waals surface area (Å²) in [6.45, 7) is 3.76. The number of hydrogen-bond acceptors (Lipinski definition) is 6. The monoisotopic (exact) mass is 440 g/mol. The van der Waals surface area contributed by atoms with Crippen molar-refractivity contribution in [3.63, 3.8) is 0 Å². The quantitative estimate of drug-likeness (QED) is 0.606. The number of nitrogens with zero attached hydrogens (tertiary/aromatic N) is 3. The van der Waals surface area contributed by atoms with Gasteiger partial charge in [0.2, 0.25) is 5.91 Å². The van der Waals surface area contributed by atoms with Gasteiger partial charge in [0.25, 0.3) is 5.88 Å². The molecule has 1 N–H and O–H groups in total. The van der Waals surface area contributed by atoms with Crippen molar-refractivity contribution in [1.82, 2.24) is 9.97 Å². The Balaban J connectivity index is 1.53. The highest BCUT2D eigenvalue weighted by molar-refractivity contribution is 6.32. The molecule has 0 radical (unpaired) electrons. The molecule has 1 aromatic heterocycles. The molecule has 2 heterocycles. The Morgan fingerprint density at radius 1 is 1.23 bits per heavy atom. The number of methoxy groups -OCH3 is 1. The van der Waals surface area contributed by atoms with Crippen molar-refractivity contribution in [2.75, 3.05) is 37.0 Å². The van der Waals surface area contributed by atoms with Crippen LogP contribution < -0.4 is 19.7 Å². The number of nitrogens with one attached hydrogen (secondary N) is 1. The van der Waals surface area contributed by atoms with Gasteiger partial charge in [0.05, 0.1) is 35.7 Å². The van der Waals surface area contributed by atoms with Gasteiger partial charge in [-0.3, -0.25) is 4.79 Å². The van der Waals surface area contributed by atoms with E-state index in [0.717, 1.165) is 30.4 Å². The number of amides is 1. The lowest BCUT2D eigenvalue weighted by Crippen LogP contribution is -2.41. The summed E-state index contributed by atoms with van der Waals surface area (Å²) in [6.07, 6.45) is 1.68. The van der Waals surface area contributed by atoms with E-state index in [1.54, 1.807) is 25.3 Å². The minimum absolute atomic E-state index is 0.0439. The third kappa shape index (κ3) is 4.66. The van der Waals surface area contributed by atoms with Gasteiger partial charge in [0, 0.05) is 18.8 Å². The first kappa shape index (κ1) is 21.2. The summed E-state index contributed by atoms with van der Waals surface area (Å²) < 4.78 is 11.0. The normalized spacial score (nSPS) is 16.2. The predicted molar refractivity (Wildman–Crippen MR) is 122 cm³/mol. The number of anilines is 2. The van der Waals surface area contributed by atoms with Crippen LogP contribution in [0.5, 0.6) is 11.6 Å². The molecule has 3 aromatic rings. The van der Waals surface area contributed by atoms with Crippen molar-refractivity contribution in [2.45, 2.75) is 19.8 Å². The third-order valence-corrected chi connectivity index (χ3v) is 5.61. The number of para-hydroxylation sites is 2. The predicted octanol–water partition coefficient (Wildman–Crippen LogP) is 4.55. The lowest BCUT2D eigenvalue weighted by Gasteiger charge is -2.33. The van der Waals surface area contributed by atoms with E-state index >= 15 is 0 Å². The van der Waals surface area contributed by atoms with Crippen molar-refractivity contribution in [2.24, 2.45) is 5.92 Å². The molecule has 0 bridgehead atoms. The number of carbonyl (C=O) groups is 1. The highest BCUT2D eigenvalue weighted by Gasteiger charge is 2.29. The van der Waals surface area contributed by atoms with Crippen molar-refractivity contribution < 1.29 is 14.3 Å². The molecule has 1 aliphatic rings. The average molecular weight is 441 g/mol. The van der Waals surface area contributed by atoms with Crippen LogP contribution in [-0.2, 0) is 4.79 Å². The maximum absolute atomic E-state index is 13.0. The van der Waals surface area contributed by atoms with Gasteiger partial charge >= 0.3 is 0 Å². The van der Waals surface area contributed by atoms with Crippen LogP contribution in [0, 0.1) is 5.92 Å². The fraction of sp³-hybridized carbons (Fsp3) is 0.348. The van der Waals surface area contributed by atoms with E-state index in [1.165, 1.54) is 0 Å². The number of hydrogen-bond donors (Lipinski definition) is 1. The second-order valence-electron chi connectivity index (χ2n) is 7.40. The highest BCUT2D eigenvalue weighted by Crippen LogP contribution is 2.32. The second kappa shape index (κ2) is 9.39. The molecule has 1 fully saturated rings. The summed E-state index contributed by atoms with van der Waals surface area (Å²) in [5, 5.41) is 3.43. The Hall–Kier alpha value is -3.06. The number of fused-ring (bicyclic) bond motifs is 1. The van der Waals surface area contributed by atoms with E-state index in [4.69, 9.17) is 26.1 Å². The summed E-state index contributed by atoms with van der Waals surface area (Å²) in [7, 11) is 1.56. The molecule has 0 spiro atoms. The fourth-order valence-corrected chi connectivity index (χ4v) is 4.04. The molecule has 1 atom stereocenters. The standard InChI is InChI=1S/C23H25ClN4O3/c1-3-31-23-21(26-18-8-4-5-9-19(18)27-23)28-12-6-7-15(14-28)22(29)25-16-10-11-20(30-2)17(24)13-16/h4-5,8-11,13,15H,3,6-7,12,14H2,1-2H3,(H,25,29)/t15-/m1/s1. The molecule has 1 aliphatic heterocycles. The maximum atomic E-state index is 13.0. The number of aromatic nitrogens is 2. The van der Waals surface area contributed by atoms with Crippen LogP contribution in [0.2, 0.25) is 5.02 Å². The van der Waals surface area contributed by atoms with Gasteiger partial charge in [0.15, 0.2) is 5.82 Å². The zero-order chi connectivity index (χ0) is 21.8.